The number of amides is 1. The van der Waals surface area contributed by atoms with Crippen LogP contribution >= 0.6 is 0 Å². The minimum atomic E-state index is -3.48. The van der Waals surface area contributed by atoms with Gasteiger partial charge >= 0.3 is 0 Å². The molecule has 0 spiro atoms. The van der Waals surface area contributed by atoms with E-state index in [0.29, 0.717) is 39.3 Å². The van der Waals surface area contributed by atoms with Gasteiger partial charge in [0, 0.05) is 45.3 Å². The number of benzene rings is 1. The maximum Gasteiger partial charge on any atom is 0.293 e. The molecule has 10 nitrogen and oxygen atoms in total. The van der Waals surface area contributed by atoms with Gasteiger partial charge in [-0.15, -0.1) is 0 Å². The normalized spacial score (nSPS) is 16.3. The van der Waals surface area contributed by atoms with Crippen molar-refractivity contribution in [1.29, 1.82) is 0 Å². The molecule has 156 valence electrons. The number of piperazine rings is 1. The van der Waals surface area contributed by atoms with Crippen molar-refractivity contribution in [3.63, 3.8) is 0 Å². The van der Waals surface area contributed by atoms with Crippen molar-refractivity contribution in [1.82, 2.24) is 13.5 Å². The number of aryl methyl sites for hydroxylation is 1. The third-order valence-corrected chi connectivity index (χ3v) is 6.87. The van der Waals surface area contributed by atoms with Gasteiger partial charge < -0.3 is 5.32 Å². The Morgan fingerprint density at radius 2 is 1.82 bits per heavy atom. The Morgan fingerprint density at radius 1 is 1.21 bits per heavy atom. The third kappa shape index (κ3) is 5.25. The van der Waals surface area contributed by atoms with Crippen molar-refractivity contribution >= 4 is 27.5 Å². The fraction of sp³-hybridized carbons (Fsp3) is 0.588. The summed E-state index contributed by atoms with van der Waals surface area (Å²) >= 11 is 0. The smallest absolute Gasteiger partial charge is 0.293 e. The first kappa shape index (κ1) is 22.2. The summed E-state index contributed by atoms with van der Waals surface area (Å²) in [6.07, 6.45) is 0. The molecule has 28 heavy (non-hydrogen) atoms. The van der Waals surface area contributed by atoms with Crippen LogP contribution in [-0.4, -0.2) is 78.6 Å². The van der Waals surface area contributed by atoms with Gasteiger partial charge in [0.25, 0.3) is 15.9 Å². The van der Waals surface area contributed by atoms with Crippen LogP contribution in [0.3, 0.4) is 0 Å². The van der Waals surface area contributed by atoms with E-state index in [2.05, 4.69) is 5.32 Å². The average Bonchev–Trinajstić information content (AvgIpc) is 2.64. The van der Waals surface area contributed by atoms with Crippen LogP contribution in [0.2, 0.25) is 0 Å². The van der Waals surface area contributed by atoms with Gasteiger partial charge in [-0.05, 0) is 18.6 Å². The first-order valence-electron chi connectivity index (χ1n) is 9.21. The fourth-order valence-electron chi connectivity index (χ4n) is 3.12. The molecule has 1 aliphatic rings. The zero-order valence-corrected chi connectivity index (χ0v) is 17.2. The molecule has 2 rings (SSSR count). The zero-order chi connectivity index (χ0) is 20.9. The molecular weight excluding hydrogens is 386 g/mol. The molecule has 11 heteroatoms. The van der Waals surface area contributed by atoms with Crippen molar-refractivity contribution < 1.29 is 18.1 Å². The summed E-state index contributed by atoms with van der Waals surface area (Å²) in [5.41, 5.74) is 0.738. The van der Waals surface area contributed by atoms with E-state index in [1.807, 2.05) is 4.90 Å². The topological polar surface area (TPSA) is 116 Å². The highest BCUT2D eigenvalue weighted by atomic mass is 32.2. The zero-order valence-electron chi connectivity index (χ0n) is 16.4. The van der Waals surface area contributed by atoms with Gasteiger partial charge in [-0.1, -0.05) is 19.9 Å². The lowest BCUT2D eigenvalue weighted by molar-refractivity contribution is -0.384. The molecular formula is C17H27N5O5S. The van der Waals surface area contributed by atoms with Gasteiger partial charge in [-0.2, -0.15) is 17.0 Å². The SMILES string of the molecule is CCN(CC)S(=O)(=O)N1CCN(CC(=O)Nc2ccc(C)cc2[N+](=O)[O-])CC1. The highest BCUT2D eigenvalue weighted by molar-refractivity contribution is 7.86. The Hall–Kier alpha value is -2.08. The predicted octanol–water partition coefficient (Wildman–Crippen LogP) is 1.05. The van der Waals surface area contributed by atoms with Gasteiger partial charge in [-0.3, -0.25) is 19.8 Å². The molecule has 0 aliphatic carbocycles. The lowest BCUT2D eigenvalue weighted by atomic mass is 10.2. The highest BCUT2D eigenvalue weighted by Crippen LogP contribution is 2.25. The fourth-order valence-corrected chi connectivity index (χ4v) is 4.73. The van der Waals surface area contributed by atoms with Crippen molar-refractivity contribution in [2.45, 2.75) is 20.8 Å². The van der Waals surface area contributed by atoms with Gasteiger partial charge in [0.05, 0.1) is 11.5 Å². The van der Waals surface area contributed by atoms with Crippen LogP contribution in [0.1, 0.15) is 19.4 Å². The van der Waals surface area contributed by atoms with Crippen LogP contribution in [-0.2, 0) is 15.0 Å². The molecule has 0 atom stereocenters. The molecule has 1 saturated heterocycles. The summed E-state index contributed by atoms with van der Waals surface area (Å²) in [6, 6.07) is 4.62. The Kier molecular flexibility index (Phi) is 7.47. The Bertz CT molecular complexity index is 817. The van der Waals surface area contributed by atoms with E-state index < -0.39 is 15.1 Å². The maximum absolute atomic E-state index is 12.5. The number of nitrogens with zero attached hydrogens (tertiary/aromatic N) is 4. The van der Waals surface area contributed by atoms with E-state index in [4.69, 9.17) is 0 Å². The number of hydrogen-bond acceptors (Lipinski definition) is 6. The lowest BCUT2D eigenvalue weighted by Crippen LogP contribution is -2.54. The first-order chi connectivity index (χ1) is 13.2. The van der Waals surface area contributed by atoms with E-state index in [9.17, 15) is 23.3 Å². The first-order valence-corrected chi connectivity index (χ1v) is 10.6. The Balaban J connectivity index is 1.93. The summed E-state index contributed by atoms with van der Waals surface area (Å²) in [4.78, 5) is 24.8. The molecule has 1 heterocycles. The lowest BCUT2D eigenvalue weighted by Gasteiger charge is -2.35. The maximum atomic E-state index is 12.5. The van der Waals surface area contributed by atoms with Gasteiger partial charge in [0.15, 0.2) is 0 Å². The van der Waals surface area contributed by atoms with Crippen LogP contribution in [0, 0.1) is 17.0 Å². The second-order valence-electron chi connectivity index (χ2n) is 6.59. The Morgan fingerprint density at radius 3 is 2.36 bits per heavy atom. The Labute approximate surface area is 165 Å². The molecule has 1 amide bonds. The second-order valence-corrected chi connectivity index (χ2v) is 8.52. The number of nitro benzene ring substituents is 1. The third-order valence-electron chi connectivity index (χ3n) is 4.68. The van der Waals surface area contributed by atoms with Gasteiger partial charge in [-0.25, -0.2) is 0 Å². The standard InChI is InChI=1S/C17H27N5O5S/c1-4-20(5-2)28(26,27)21-10-8-19(9-11-21)13-17(23)18-15-7-6-14(3)12-16(15)22(24)25/h6-7,12H,4-5,8-11,13H2,1-3H3,(H,18,23). The van der Waals surface area contributed by atoms with E-state index in [0.717, 1.165) is 5.56 Å². The minimum absolute atomic E-state index is 0.0458. The molecule has 1 aromatic carbocycles. The molecule has 0 unspecified atom stereocenters. The number of hydrogen-bond donors (Lipinski definition) is 1. The predicted molar refractivity (Wildman–Crippen MR) is 106 cm³/mol. The number of anilines is 1. The van der Waals surface area contributed by atoms with E-state index in [1.165, 1.54) is 20.7 Å². The molecule has 0 saturated carbocycles. The van der Waals surface area contributed by atoms with Crippen molar-refractivity contribution in [2.24, 2.45) is 0 Å². The van der Waals surface area contributed by atoms with E-state index >= 15 is 0 Å². The van der Waals surface area contributed by atoms with Crippen molar-refractivity contribution in [3.05, 3.63) is 33.9 Å². The molecule has 0 radical (unpaired) electrons. The quantitative estimate of drug-likeness (QED) is 0.503. The van der Waals surface area contributed by atoms with Crippen LogP contribution in [0.5, 0.6) is 0 Å². The molecule has 1 N–H and O–H groups in total. The summed E-state index contributed by atoms with van der Waals surface area (Å²) in [6.45, 7) is 7.65. The molecule has 1 fully saturated rings. The number of carbonyl (C=O) groups is 1. The second kappa shape index (κ2) is 9.41. The largest absolute Gasteiger partial charge is 0.319 e. The van der Waals surface area contributed by atoms with E-state index in [1.54, 1.807) is 26.8 Å². The highest BCUT2D eigenvalue weighted by Gasteiger charge is 2.31. The van der Waals surface area contributed by atoms with Gasteiger partial charge in [0.2, 0.25) is 5.91 Å². The summed E-state index contributed by atoms with van der Waals surface area (Å²) in [7, 11) is -3.48. The average molecular weight is 414 g/mol. The number of nitro groups is 1. The molecule has 0 bridgehead atoms. The van der Waals surface area contributed by atoms with Crippen molar-refractivity contribution in [3.8, 4) is 0 Å². The van der Waals surface area contributed by atoms with Crippen LogP contribution in [0.15, 0.2) is 18.2 Å². The summed E-state index contributed by atoms with van der Waals surface area (Å²) < 4.78 is 27.9. The summed E-state index contributed by atoms with van der Waals surface area (Å²) in [5.74, 6) is -0.369. The van der Waals surface area contributed by atoms with Crippen molar-refractivity contribution in [2.75, 3.05) is 51.1 Å². The number of nitrogens with one attached hydrogen (secondary N) is 1. The molecule has 1 aliphatic heterocycles. The number of carbonyl (C=O) groups excluding carboxylic acids is 1. The van der Waals surface area contributed by atoms with E-state index in [-0.39, 0.29) is 23.8 Å². The monoisotopic (exact) mass is 413 g/mol. The van der Waals surface area contributed by atoms with Gasteiger partial charge in [0.1, 0.15) is 5.69 Å². The molecule has 1 aromatic rings. The van der Waals surface area contributed by atoms with Crippen LogP contribution < -0.4 is 5.32 Å². The van der Waals surface area contributed by atoms with Crippen LogP contribution in [0.4, 0.5) is 11.4 Å². The molecule has 0 aromatic heterocycles. The minimum Gasteiger partial charge on any atom is -0.319 e. The number of rotatable bonds is 8. The summed E-state index contributed by atoms with van der Waals surface area (Å²) in [5, 5.41) is 13.7. The van der Waals surface area contributed by atoms with Crippen LogP contribution in [0.25, 0.3) is 0 Å².